The maximum absolute atomic E-state index is 12.5. The van der Waals surface area contributed by atoms with E-state index in [1.54, 1.807) is 14.0 Å². The fraction of sp³-hybridized carbons (Fsp3) is 0.450. The lowest BCUT2D eigenvalue weighted by Crippen LogP contribution is -2.29. The maximum Gasteiger partial charge on any atom is 0.223 e. The van der Waals surface area contributed by atoms with Crippen LogP contribution >= 0.6 is 0 Å². The Morgan fingerprint density at radius 3 is 2.62 bits per heavy atom. The van der Waals surface area contributed by atoms with Gasteiger partial charge in [-0.25, -0.2) is 18.4 Å². The van der Waals surface area contributed by atoms with Gasteiger partial charge in [0.1, 0.15) is 11.6 Å². The van der Waals surface area contributed by atoms with Gasteiger partial charge in [0.05, 0.1) is 18.0 Å². The van der Waals surface area contributed by atoms with Crippen LogP contribution in [0.25, 0.3) is 0 Å². The van der Waals surface area contributed by atoms with Gasteiger partial charge in [-0.1, -0.05) is 30.3 Å². The first-order chi connectivity index (χ1) is 13.8. The molecular weight excluding hydrogens is 390 g/mol. The fourth-order valence-electron chi connectivity index (χ4n) is 3.37. The molecule has 3 rings (SSSR count). The van der Waals surface area contributed by atoms with E-state index >= 15 is 0 Å². The van der Waals surface area contributed by atoms with Gasteiger partial charge in [-0.2, -0.15) is 4.31 Å². The predicted molar refractivity (Wildman–Crippen MR) is 112 cm³/mol. The third kappa shape index (κ3) is 5.10. The molecule has 1 saturated heterocycles. The Kier molecular flexibility index (Phi) is 6.49. The number of sulfonamides is 1. The number of benzene rings is 1. The lowest BCUT2D eigenvalue weighted by Gasteiger charge is -2.18. The Labute approximate surface area is 172 Å². The number of anilines is 1. The summed E-state index contributed by atoms with van der Waals surface area (Å²) in [5.41, 5.74) is 1.85. The fourth-order valence-corrected chi connectivity index (χ4v) is 4.12. The smallest absolute Gasteiger partial charge is 0.223 e. The Balaban J connectivity index is 1.78. The van der Waals surface area contributed by atoms with Crippen LogP contribution in [0, 0.1) is 0 Å². The Morgan fingerprint density at radius 1 is 1.24 bits per heavy atom. The van der Waals surface area contributed by atoms with E-state index in [-0.39, 0.29) is 24.1 Å². The SMILES string of the molecule is CCS(=O)(=O)N(C)Cc1nc(NC)cc([C@H]2CC(=O)N(Cc3ccccc3)C2)n1. The first-order valence-corrected chi connectivity index (χ1v) is 11.2. The summed E-state index contributed by atoms with van der Waals surface area (Å²) in [7, 11) is -0.0531. The first kappa shape index (κ1) is 21.2. The van der Waals surface area contributed by atoms with Crippen LogP contribution < -0.4 is 5.32 Å². The monoisotopic (exact) mass is 417 g/mol. The molecule has 1 aromatic carbocycles. The molecule has 0 radical (unpaired) electrons. The van der Waals surface area contributed by atoms with E-state index in [4.69, 9.17) is 0 Å². The number of carbonyl (C=O) groups excluding carboxylic acids is 1. The average Bonchev–Trinajstić information content (AvgIpc) is 3.08. The summed E-state index contributed by atoms with van der Waals surface area (Å²) in [4.78, 5) is 23.4. The van der Waals surface area contributed by atoms with Crippen molar-refractivity contribution in [3.05, 3.63) is 53.5 Å². The molecule has 2 aromatic rings. The summed E-state index contributed by atoms with van der Waals surface area (Å²) in [5.74, 6) is 1.10. The molecule has 1 aliphatic heterocycles. The molecule has 156 valence electrons. The zero-order valence-electron chi connectivity index (χ0n) is 17.0. The Morgan fingerprint density at radius 2 is 1.97 bits per heavy atom. The summed E-state index contributed by atoms with van der Waals surface area (Å²) in [6, 6.07) is 11.7. The number of likely N-dealkylation sites (tertiary alicyclic amines) is 1. The molecule has 0 saturated carbocycles. The number of hydrogen-bond donors (Lipinski definition) is 1. The average molecular weight is 418 g/mol. The number of rotatable bonds is 8. The number of amides is 1. The van der Waals surface area contributed by atoms with Crippen molar-refractivity contribution in [2.75, 3.05) is 31.7 Å². The van der Waals surface area contributed by atoms with E-state index in [1.807, 2.05) is 41.3 Å². The quantitative estimate of drug-likeness (QED) is 0.704. The molecule has 0 bridgehead atoms. The molecule has 1 amide bonds. The zero-order chi connectivity index (χ0) is 21.0. The van der Waals surface area contributed by atoms with Gasteiger partial charge in [-0.15, -0.1) is 0 Å². The van der Waals surface area contributed by atoms with Gasteiger partial charge in [0.15, 0.2) is 0 Å². The minimum atomic E-state index is -3.33. The number of aromatic nitrogens is 2. The minimum absolute atomic E-state index is 0.0215. The summed E-state index contributed by atoms with van der Waals surface area (Å²) in [6.45, 7) is 2.85. The summed E-state index contributed by atoms with van der Waals surface area (Å²) >= 11 is 0. The standard InChI is InChI=1S/C20H27N5O3S/c1-4-29(27,28)24(3)14-19-22-17(11-18(21-2)23-19)16-10-20(26)25(13-16)12-15-8-6-5-7-9-15/h5-9,11,16H,4,10,12-14H2,1-3H3,(H,21,22,23)/t16-/m0/s1. The lowest BCUT2D eigenvalue weighted by molar-refractivity contribution is -0.128. The molecule has 0 aliphatic carbocycles. The molecule has 1 aliphatic rings. The van der Waals surface area contributed by atoms with Crippen molar-refractivity contribution in [1.29, 1.82) is 0 Å². The van der Waals surface area contributed by atoms with E-state index in [2.05, 4.69) is 15.3 Å². The van der Waals surface area contributed by atoms with Crippen molar-refractivity contribution in [3.8, 4) is 0 Å². The van der Waals surface area contributed by atoms with E-state index in [0.717, 1.165) is 11.3 Å². The Bertz CT molecular complexity index is 965. The second-order valence-electron chi connectivity index (χ2n) is 7.16. The van der Waals surface area contributed by atoms with Crippen molar-refractivity contribution in [2.24, 2.45) is 0 Å². The van der Waals surface area contributed by atoms with Crippen LogP contribution in [-0.4, -0.2) is 59.9 Å². The molecule has 1 atom stereocenters. The third-order valence-corrected chi connectivity index (χ3v) is 6.91. The Hall–Kier alpha value is -2.52. The topological polar surface area (TPSA) is 95.5 Å². The molecule has 2 heterocycles. The molecule has 29 heavy (non-hydrogen) atoms. The van der Waals surface area contributed by atoms with Crippen LogP contribution in [-0.2, 0) is 27.9 Å². The predicted octanol–water partition coefficient (Wildman–Crippen LogP) is 1.82. The van der Waals surface area contributed by atoms with Crippen LogP contribution in [0.4, 0.5) is 5.82 Å². The molecular formula is C20H27N5O3S. The van der Waals surface area contributed by atoms with Gasteiger partial charge < -0.3 is 10.2 Å². The summed E-state index contributed by atoms with van der Waals surface area (Å²) in [5, 5.41) is 3.00. The third-order valence-electron chi connectivity index (χ3n) is 5.10. The van der Waals surface area contributed by atoms with Gasteiger partial charge in [-0.05, 0) is 12.5 Å². The largest absolute Gasteiger partial charge is 0.373 e. The molecule has 0 spiro atoms. The van der Waals surface area contributed by atoms with Crippen molar-refractivity contribution < 1.29 is 13.2 Å². The van der Waals surface area contributed by atoms with Crippen molar-refractivity contribution >= 4 is 21.7 Å². The highest BCUT2D eigenvalue weighted by atomic mass is 32.2. The van der Waals surface area contributed by atoms with Crippen molar-refractivity contribution in [2.45, 2.75) is 32.4 Å². The normalized spacial score (nSPS) is 17.2. The highest BCUT2D eigenvalue weighted by Crippen LogP contribution is 2.29. The molecule has 8 nitrogen and oxygen atoms in total. The van der Waals surface area contributed by atoms with Gasteiger partial charge in [0.25, 0.3) is 0 Å². The highest BCUT2D eigenvalue weighted by Gasteiger charge is 2.32. The lowest BCUT2D eigenvalue weighted by atomic mass is 10.0. The molecule has 1 fully saturated rings. The number of hydrogen-bond acceptors (Lipinski definition) is 6. The van der Waals surface area contributed by atoms with Gasteiger partial charge in [0.2, 0.25) is 15.9 Å². The van der Waals surface area contributed by atoms with Crippen LogP contribution in [0.5, 0.6) is 0 Å². The maximum atomic E-state index is 12.5. The highest BCUT2D eigenvalue weighted by molar-refractivity contribution is 7.89. The van der Waals surface area contributed by atoms with Crippen LogP contribution in [0.15, 0.2) is 36.4 Å². The molecule has 1 aromatic heterocycles. The van der Waals surface area contributed by atoms with Crippen molar-refractivity contribution in [1.82, 2.24) is 19.2 Å². The zero-order valence-corrected chi connectivity index (χ0v) is 17.8. The molecule has 9 heteroatoms. The van der Waals surface area contributed by atoms with Gasteiger partial charge in [0, 0.05) is 45.6 Å². The summed E-state index contributed by atoms with van der Waals surface area (Å²) < 4.78 is 25.4. The van der Waals surface area contributed by atoms with Gasteiger partial charge in [-0.3, -0.25) is 4.79 Å². The first-order valence-electron chi connectivity index (χ1n) is 9.63. The van der Waals surface area contributed by atoms with Crippen molar-refractivity contribution in [3.63, 3.8) is 0 Å². The van der Waals surface area contributed by atoms with Crippen LogP contribution in [0.1, 0.15) is 36.3 Å². The van der Waals surface area contributed by atoms with Gasteiger partial charge >= 0.3 is 0 Å². The minimum Gasteiger partial charge on any atom is -0.373 e. The van der Waals surface area contributed by atoms with Crippen LogP contribution in [0.2, 0.25) is 0 Å². The van der Waals surface area contributed by atoms with E-state index < -0.39 is 10.0 Å². The summed E-state index contributed by atoms with van der Waals surface area (Å²) in [6.07, 6.45) is 0.384. The number of carbonyl (C=O) groups is 1. The number of nitrogens with one attached hydrogen (secondary N) is 1. The number of nitrogens with zero attached hydrogens (tertiary/aromatic N) is 4. The van der Waals surface area contributed by atoms with Crippen LogP contribution in [0.3, 0.4) is 0 Å². The van der Waals surface area contributed by atoms with E-state index in [9.17, 15) is 13.2 Å². The second-order valence-corrected chi connectivity index (χ2v) is 9.53. The molecule has 0 unspecified atom stereocenters. The second kappa shape index (κ2) is 8.87. The molecule has 1 N–H and O–H groups in total. The van der Waals surface area contributed by atoms with E-state index in [0.29, 0.717) is 31.2 Å². The van der Waals surface area contributed by atoms with E-state index in [1.165, 1.54) is 11.4 Å².